The van der Waals surface area contributed by atoms with E-state index < -0.39 is 5.82 Å². The quantitative estimate of drug-likeness (QED) is 0.801. The second kappa shape index (κ2) is 7.49. The smallest absolute Gasteiger partial charge is 0.165 e. The average Bonchev–Trinajstić information content (AvgIpc) is 2.35. The zero-order chi connectivity index (χ0) is 14.4. The van der Waals surface area contributed by atoms with Gasteiger partial charge in [0.25, 0.3) is 0 Å². The van der Waals surface area contributed by atoms with Crippen LogP contribution in [-0.2, 0) is 6.54 Å². The molecular weight excluding hydrogens is 241 g/mol. The lowest BCUT2D eigenvalue weighted by Crippen LogP contribution is -2.36. The Kier molecular flexibility index (Phi) is 6.29. The summed E-state index contributed by atoms with van der Waals surface area (Å²) in [5, 5.41) is 9.81. The molecule has 19 heavy (non-hydrogen) atoms. The molecule has 0 saturated carbocycles. The van der Waals surface area contributed by atoms with E-state index in [1.54, 1.807) is 12.1 Å². The first-order valence-electron chi connectivity index (χ1n) is 7.19. The zero-order valence-corrected chi connectivity index (χ0v) is 12.5. The van der Waals surface area contributed by atoms with Gasteiger partial charge in [-0.1, -0.05) is 39.8 Å². The van der Waals surface area contributed by atoms with E-state index in [9.17, 15) is 9.50 Å². The molecule has 0 saturated heterocycles. The van der Waals surface area contributed by atoms with Crippen LogP contribution in [0.2, 0.25) is 0 Å². The maximum atomic E-state index is 13.4. The molecule has 0 amide bonds. The molecule has 0 aliphatic heterocycles. The molecule has 0 radical (unpaired) electrons. The molecule has 0 aliphatic rings. The second-order valence-electron chi connectivity index (χ2n) is 5.54. The van der Waals surface area contributed by atoms with Crippen molar-refractivity contribution in [1.29, 1.82) is 0 Å². The maximum Gasteiger partial charge on any atom is 0.165 e. The largest absolute Gasteiger partial charge is 0.505 e. The number of para-hydroxylation sites is 1. The predicted molar refractivity (Wildman–Crippen MR) is 77.7 cm³/mol. The molecule has 0 bridgehead atoms. The van der Waals surface area contributed by atoms with Crippen molar-refractivity contribution in [2.75, 3.05) is 6.54 Å². The number of phenols is 1. The van der Waals surface area contributed by atoms with Gasteiger partial charge in [0.1, 0.15) is 0 Å². The van der Waals surface area contributed by atoms with Gasteiger partial charge < -0.3 is 5.11 Å². The summed E-state index contributed by atoms with van der Waals surface area (Å²) in [6, 6.07) is 5.23. The standard InChI is InChI=1S/C16H26FNO/c1-5-14(6-2)18(10-12(3)4)11-13-8-7-9-15(17)16(13)19/h7-9,12,14,19H,5-6,10-11H2,1-4H3. The van der Waals surface area contributed by atoms with Gasteiger partial charge in [-0.15, -0.1) is 0 Å². The summed E-state index contributed by atoms with van der Waals surface area (Å²) < 4.78 is 13.4. The van der Waals surface area contributed by atoms with Crippen molar-refractivity contribution < 1.29 is 9.50 Å². The highest BCUT2D eigenvalue weighted by atomic mass is 19.1. The van der Waals surface area contributed by atoms with Crippen LogP contribution in [0.4, 0.5) is 4.39 Å². The Morgan fingerprint density at radius 3 is 2.37 bits per heavy atom. The van der Waals surface area contributed by atoms with Crippen LogP contribution in [-0.4, -0.2) is 22.6 Å². The van der Waals surface area contributed by atoms with E-state index in [1.807, 2.05) is 0 Å². The van der Waals surface area contributed by atoms with Gasteiger partial charge in [-0.25, -0.2) is 4.39 Å². The Hall–Kier alpha value is -1.09. The Bertz CT molecular complexity index is 388. The number of halogens is 1. The topological polar surface area (TPSA) is 23.5 Å². The van der Waals surface area contributed by atoms with Gasteiger partial charge in [0, 0.05) is 24.7 Å². The minimum absolute atomic E-state index is 0.206. The fraction of sp³-hybridized carbons (Fsp3) is 0.625. The van der Waals surface area contributed by atoms with E-state index in [1.165, 1.54) is 6.07 Å². The first kappa shape index (κ1) is 16.0. The van der Waals surface area contributed by atoms with Crippen LogP contribution in [0.3, 0.4) is 0 Å². The highest BCUT2D eigenvalue weighted by Gasteiger charge is 2.18. The first-order chi connectivity index (χ1) is 8.99. The molecule has 0 aliphatic carbocycles. The average molecular weight is 267 g/mol. The van der Waals surface area contributed by atoms with E-state index in [4.69, 9.17) is 0 Å². The minimum atomic E-state index is -0.536. The van der Waals surface area contributed by atoms with Gasteiger partial charge >= 0.3 is 0 Å². The lowest BCUT2D eigenvalue weighted by Gasteiger charge is -2.32. The van der Waals surface area contributed by atoms with Crippen molar-refractivity contribution in [2.24, 2.45) is 5.92 Å². The van der Waals surface area contributed by atoms with Crippen LogP contribution in [0.15, 0.2) is 18.2 Å². The van der Waals surface area contributed by atoms with Gasteiger partial charge in [0.05, 0.1) is 0 Å². The third-order valence-electron chi connectivity index (χ3n) is 3.50. The summed E-state index contributed by atoms with van der Waals surface area (Å²) in [6.07, 6.45) is 2.14. The number of hydrogen-bond acceptors (Lipinski definition) is 2. The minimum Gasteiger partial charge on any atom is -0.505 e. The third kappa shape index (κ3) is 4.50. The molecule has 1 aromatic carbocycles. The summed E-state index contributed by atoms with van der Waals surface area (Å²) in [4.78, 5) is 2.35. The number of rotatable bonds is 7. The summed E-state index contributed by atoms with van der Waals surface area (Å²) in [6.45, 7) is 10.3. The van der Waals surface area contributed by atoms with E-state index in [-0.39, 0.29) is 5.75 Å². The van der Waals surface area contributed by atoms with Crippen molar-refractivity contribution in [3.05, 3.63) is 29.6 Å². The Morgan fingerprint density at radius 2 is 1.84 bits per heavy atom. The normalized spacial score (nSPS) is 11.8. The lowest BCUT2D eigenvalue weighted by atomic mass is 10.1. The van der Waals surface area contributed by atoms with E-state index >= 15 is 0 Å². The third-order valence-corrected chi connectivity index (χ3v) is 3.50. The number of aromatic hydroxyl groups is 1. The SMILES string of the molecule is CCC(CC)N(Cc1cccc(F)c1O)CC(C)C. The Morgan fingerprint density at radius 1 is 1.21 bits per heavy atom. The Balaban J connectivity index is 2.90. The summed E-state index contributed by atoms with van der Waals surface area (Å²) in [5.74, 6) is -0.190. The van der Waals surface area contributed by atoms with Gasteiger partial charge in [0.2, 0.25) is 0 Å². The number of phenolic OH excluding ortho intramolecular Hbond substituents is 1. The molecule has 0 spiro atoms. The second-order valence-corrected chi connectivity index (χ2v) is 5.54. The van der Waals surface area contributed by atoms with Gasteiger partial charge in [0.15, 0.2) is 11.6 Å². The van der Waals surface area contributed by atoms with E-state index in [0.29, 0.717) is 24.1 Å². The number of benzene rings is 1. The van der Waals surface area contributed by atoms with Gasteiger partial charge in [-0.05, 0) is 24.8 Å². The van der Waals surface area contributed by atoms with Gasteiger partial charge in [-0.2, -0.15) is 0 Å². The van der Waals surface area contributed by atoms with Crippen molar-refractivity contribution in [3.8, 4) is 5.75 Å². The van der Waals surface area contributed by atoms with E-state index in [2.05, 4.69) is 32.6 Å². The monoisotopic (exact) mass is 267 g/mol. The fourth-order valence-electron chi connectivity index (χ4n) is 2.52. The molecule has 3 heteroatoms. The number of hydrogen-bond donors (Lipinski definition) is 1. The molecule has 2 nitrogen and oxygen atoms in total. The van der Waals surface area contributed by atoms with Crippen LogP contribution in [0.5, 0.6) is 5.75 Å². The number of nitrogens with zero attached hydrogens (tertiary/aromatic N) is 1. The Labute approximate surface area is 116 Å². The zero-order valence-electron chi connectivity index (χ0n) is 12.5. The van der Waals surface area contributed by atoms with Crippen LogP contribution in [0, 0.1) is 11.7 Å². The highest BCUT2D eigenvalue weighted by Crippen LogP contribution is 2.24. The first-order valence-corrected chi connectivity index (χ1v) is 7.19. The molecule has 0 fully saturated rings. The fourth-order valence-corrected chi connectivity index (χ4v) is 2.52. The van der Waals surface area contributed by atoms with Crippen LogP contribution in [0.25, 0.3) is 0 Å². The van der Waals surface area contributed by atoms with Crippen molar-refractivity contribution >= 4 is 0 Å². The summed E-state index contributed by atoms with van der Waals surface area (Å²) in [7, 11) is 0. The van der Waals surface area contributed by atoms with Crippen molar-refractivity contribution in [1.82, 2.24) is 4.90 Å². The maximum absolute atomic E-state index is 13.4. The molecule has 108 valence electrons. The molecule has 1 N–H and O–H groups in total. The molecule has 0 heterocycles. The summed E-state index contributed by atoms with van der Waals surface area (Å²) >= 11 is 0. The van der Waals surface area contributed by atoms with Crippen LogP contribution < -0.4 is 0 Å². The van der Waals surface area contributed by atoms with Crippen LogP contribution in [0.1, 0.15) is 46.1 Å². The summed E-state index contributed by atoms with van der Waals surface area (Å²) in [5.41, 5.74) is 0.674. The molecule has 1 aromatic rings. The van der Waals surface area contributed by atoms with Gasteiger partial charge in [-0.3, -0.25) is 4.90 Å². The van der Waals surface area contributed by atoms with E-state index in [0.717, 1.165) is 19.4 Å². The molecule has 0 unspecified atom stereocenters. The molecule has 0 atom stereocenters. The predicted octanol–water partition coefficient (Wildman–Crippen LogP) is 4.18. The van der Waals surface area contributed by atoms with Crippen molar-refractivity contribution in [3.63, 3.8) is 0 Å². The highest BCUT2D eigenvalue weighted by molar-refractivity contribution is 5.33. The molecule has 0 aromatic heterocycles. The van der Waals surface area contributed by atoms with Crippen LogP contribution >= 0.6 is 0 Å². The molecular formula is C16H26FNO. The van der Waals surface area contributed by atoms with Crippen molar-refractivity contribution in [2.45, 2.75) is 53.1 Å². The molecule has 1 rings (SSSR count). The lowest BCUT2D eigenvalue weighted by molar-refractivity contribution is 0.155.